The summed E-state index contributed by atoms with van der Waals surface area (Å²) in [7, 11) is -1.51. The van der Waals surface area contributed by atoms with Gasteiger partial charge in [-0.1, -0.05) is 43.0 Å². The van der Waals surface area contributed by atoms with Gasteiger partial charge in [-0.2, -0.15) is 0 Å². The summed E-state index contributed by atoms with van der Waals surface area (Å²) in [4.78, 5) is 4.59. The molecule has 0 unspecified atom stereocenters. The van der Waals surface area contributed by atoms with E-state index in [0.29, 0.717) is 30.6 Å². The van der Waals surface area contributed by atoms with Gasteiger partial charge in [-0.05, 0) is 30.2 Å². The number of nitrogens with zero attached hydrogens (tertiary/aromatic N) is 1. The summed E-state index contributed by atoms with van der Waals surface area (Å²) in [5.41, 5.74) is 2.72. The molecule has 0 aliphatic heterocycles. The fraction of sp³-hybridized carbons (Fsp3) is 0.286. The molecule has 0 saturated carbocycles. The van der Waals surface area contributed by atoms with E-state index in [1.54, 1.807) is 26.1 Å². The number of nitrogens with one attached hydrogen (secondary N) is 2. The number of rotatable bonds is 8. The van der Waals surface area contributed by atoms with E-state index in [4.69, 9.17) is 4.74 Å². The molecule has 29 heavy (non-hydrogen) atoms. The largest absolute Gasteiger partial charge is 0.489 e. The van der Waals surface area contributed by atoms with Gasteiger partial charge in [0.25, 0.3) is 0 Å². The standard InChI is InChI=1S/C21H27N3O3S.HI/c1-5-12-27-19-9-7-6-8-18(19)15-24-21(22-3)23-14-17-10-11-20(16(2)13-17)28(4,25)26;/h5-11,13H,1,12,14-15H2,2-4H3,(H2,22,23,24);1H. The molecule has 0 spiro atoms. The van der Waals surface area contributed by atoms with E-state index in [2.05, 4.69) is 22.2 Å². The summed E-state index contributed by atoms with van der Waals surface area (Å²) < 4.78 is 29.1. The first kappa shape index (κ1) is 25.0. The van der Waals surface area contributed by atoms with Crippen molar-refractivity contribution >= 4 is 39.8 Å². The number of halogens is 1. The zero-order valence-electron chi connectivity index (χ0n) is 16.9. The van der Waals surface area contributed by atoms with E-state index in [-0.39, 0.29) is 24.0 Å². The minimum atomic E-state index is -3.21. The Labute approximate surface area is 190 Å². The third-order valence-corrected chi connectivity index (χ3v) is 5.35. The van der Waals surface area contributed by atoms with E-state index in [1.165, 1.54) is 6.26 Å². The lowest BCUT2D eigenvalue weighted by atomic mass is 10.1. The topological polar surface area (TPSA) is 79.8 Å². The maximum absolute atomic E-state index is 11.7. The van der Waals surface area contributed by atoms with Crippen LogP contribution in [0.25, 0.3) is 0 Å². The van der Waals surface area contributed by atoms with Gasteiger partial charge in [0.2, 0.25) is 0 Å². The number of hydrogen-bond acceptors (Lipinski definition) is 4. The number of benzene rings is 2. The summed E-state index contributed by atoms with van der Waals surface area (Å²) in [6, 6.07) is 13.1. The van der Waals surface area contributed by atoms with Crippen LogP contribution in [-0.4, -0.2) is 34.3 Å². The van der Waals surface area contributed by atoms with Crippen LogP contribution in [0.3, 0.4) is 0 Å². The predicted octanol–water partition coefficient (Wildman–Crippen LogP) is 3.45. The van der Waals surface area contributed by atoms with Gasteiger partial charge in [0.1, 0.15) is 12.4 Å². The van der Waals surface area contributed by atoms with Crippen LogP contribution in [0.5, 0.6) is 5.75 Å². The van der Waals surface area contributed by atoms with Crippen LogP contribution in [0.4, 0.5) is 0 Å². The Morgan fingerprint density at radius 3 is 2.48 bits per heavy atom. The summed E-state index contributed by atoms with van der Waals surface area (Å²) >= 11 is 0. The number of aryl methyl sites for hydroxylation is 1. The van der Waals surface area contributed by atoms with E-state index in [9.17, 15) is 8.42 Å². The predicted molar refractivity (Wildman–Crippen MR) is 129 cm³/mol. The number of aliphatic imine (C=N–C) groups is 1. The molecule has 0 saturated heterocycles. The van der Waals surface area contributed by atoms with E-state index in [0.717, 1.165) is 22.4 Å². The Morgan fingerprint density at radius 2 is 1.86 bits per heavy atom. The molecule has 8 heteroatoms. The fourth-order valence-corrected chi connectivity index (χ4v) is 3.72. The van der Waals surface area contributed by atoms with Crippen molar-refractivity contribution < 1.29 is 13.2 Å². The molecule has 6 nitrogen and oxygen atoms in total. The molecule has 2 aromatic rings. The van der Waals surface area contributed by atoms with E-state index < -0.39 is 9.84 Å². The van der Waals surface area contributed by atoms with E-state index in [1.807, 2.05) is 36.4 Å². The van der Waals surface area contributed by atoms with Gasteiger partial charge in [-0.3, -0.25) is 4.99 Å². The number of para-hydroxylation sites is 1. The van der Waals surface area contributed by atoms with Crippen LogP contribution in [0, 0.1) is 6.92 Å². The van der Waals surface area contributed by atoms with Crippen LogP contribution in [-0.2, 0) is 22.9 Å². The highest BCUT2D eigenvalue weighted by Gasteiger charge is 2.11. The lowest BCUT2D eigenvalue weighted by Crippen LogP contribution is -2.36. The van der Waals surface area contributed by atoms with Gasteiger partial charge in [0.15, 0.2) is 15.8 Å². The van der Waals surface area contributed by atoms with Crippen molar-refractivity contribution in [2.24, 2.45) is 4.99 Å². The molecule has 0 radical (unpaired) electrons. The lowest BCUT2D eigenvalue weighted by Gasteiger charge is -2.15. The highest BCUT2D eigenvalue weighted by atomic mass is 127. The van der Waals surface area contributed by atoms with Crippen molar-refractivity contribution in [2.45, 2.75) is 24.9 Å². The van der Waals surface area contributed by atoms with Crippen molar-refractivity contribution in [1.82, 2.24) is 10.6 Å². The van der Waals surface area contributed by atoms with Crippen molar-refractivity contribution in [3.63, 3.8) is 0 Å². The second-order valence-corrected chi connectivity index (χ2v) is 8.34. The first-order chi connectivity index (χ1) is 13.3. The summed E-state index contributed by atoms with van der Waals surface area (Å²) in [6.45, 7) is 7.00. The van der Waals surface area contributed by atoms with Crippen LogP contribution in [0.1, 0.15) is 16.7 Å². The Morgan fingerprint density at radius 1 is 1.17 bits per heavy atom. The molecule has 0 aliphatic carbocycles. The maximum atomic E-state index is 11.7. The summed E-state index contributed by atoms with van der Waals surface area (Å²) in [6.07, 6.45) is 2.93. The maximum Gasteiger partial charge on any atom is 0.191 e. The summed E-state index contributed by atoms with van der Waals surface area (Å²) in [5.74, 6) is 1.45. The molecule has 0 heterocycles. The Hall–Kier alpha value is -2.07. The van der Waals surface area contributed by atoms with Crippen LogP contribution >= 0.6 is 24.0 Å². The van der Waals surface area contributed by atoms with Crippen molar-refractivity contribution in [3.05, 3.63) is 71.8 Å². The van der Waals surface area contributed by atoms with Gasteiger partial charge in [-0.15, -0.1) is 24.0 Å². The first-order valence-electron chi connectivity index (χ1n) is 8.91. The van der Waals surface area contributed by atoms with Crippen molar-refractivity contribution in [2.75, 3.05) is 19.9 Å². The van der Waals surface area contributed by atoms with Crippen LogP contribution in [0.2, 0.25) is 0 Å². The smallest absolute Gasteiger partial charge is 0.191 e. The molecule has 0 bridgehead atoms. The van der Waals surface area contributed by atoms with Gasteiger partial charge >= 0.3 is 0 Å². The van der Waals surface area contributed by atoms with Gasteiger partial charge < -0.3 is 15.4 Å². The zero-order valence-corrected chi connectivity index (χ0v) is 20.1. The van der Waals surface area contributed by atoms with Crippen LogP contribution in [0.15, 0.2) is 65.0 Å². The number of sulfone groups is 1. The Bertz CT molecular complexity index is 959. The quantitative estimate of drug-likeness (QED) is 0.237. The SMILES string of the molecule is C=CCOc1ccccc1CNC(=NC)NCc1ccc(S(C)(=O)=O)c(C)c1.I. The second-order valence-electron chi connectivity index (χ2n) is 6.36. The molecule has 0 aliphatic rings. The van der Waals surface area contributed by atoms with Crippen LogP contribution < -0.4 is 15.4 Å². The van der Waals surface area contributed by atoms with Gasteiger partial charge in [-0.25, -0.2) is 8.42 Å². The molecule has 2 aromatic carbocycles. The third kappa shape index (κ3) is 7.69. The lowest BCUT2D eigenvalue weighted by molar-refractivity contribution is 0.358. The first-order valence-corrected chi connectivity index (χ1v) is 10.8. The van der Waals surface area contributed by atoms with Gasteiger partial charge in [0, 0.05) is 32.0 Å². The number of hydrogen-bond donors (Lipinski definition) is 2. The minimum Gasteiger partial charge on any atom is -0.489 e. The molecule has 2 rings (SSSR count). The Kier molecular flexibility index (Phi) is 10.2. The fourth-order valence-electron chi connectivity index (χ4n) is 2.76. The van der Waals surface area contributed by atoms with Gasteiger partial charge in [0.05, 0.1) is 4.90 Å². The number of guanidine groups is 1. The third-order valence-electron chi connectivity index (χ3n) is 4.10. The Balaban J connectivity index is 0.00000420. The van der Waals surface area contributed by atoms with Crippen molar-refractivity contribution in [3.8, 4) is 5.75 Å². The molecule has 0 aromatic heterocycles. The molecule has 2 N–H and O–H groups in total. The minimum absolute atomic E-state index is 0. The zero-order chi connectivity index (χ0) is 20.6. The molecular formula is C21H28IN3O3S. The van der Waals surface area contributed by atoms with E-state index >= 15 is 0 Å². The molecule has 0 atom stereocenters. The monoisotopic (exact) mass is 529 g/mol. The molecule has 0 fully saturated rings. The highest BCUT2D eigenvalue weighted by Crippen LogP contribution is 2.18. The molecule has 0 amide bonds. The summed E-state index contributed by atoms with van der Waals surface area (Å²) in [5, 5.41) is 6.50. The highest BCUT2D eigenvalue weighted by molar-refractivity contribution is 14.0. The average Bonchev–Trinajstić information content (AvgIpc) is 2.66. The molecule has 158 valence electrons. The normalized spacial score (nSPS) is 11.3. The molecular weight excluding hydrogens is 501 g/mol. The number of ether oxygens (including phenoxy) is 1. The second kappa shape index (κ2) is 11.8. The average molecular weight is 529 g/mol. The van der Waals surface area contributed by atoms with Crippen molar-refractivity contribution in [1.29, 1.82) is 0 Å².